The minimum Gasteiger partial charge on any atom is -0.472 e. The van der Waals surface area contributed by atoms with Crippen LogP contribution in [0.1, 0.15) is 0 Å². The van der Waals surface area contributed by atoms with Crippen LogP contribution in [0, 0.1) is 5.92 Å². The molecule has 1 saturated heterocycles. The smallest absolute Gasteiger partial charge is 0.210 e. The quantitative estimate of drug-likeness (QED) is 0.218. The van der Waals surface area contributed by atoms with Crippen molar-refractivity contribution < 1.29 is 60.2 Å². The van der Waals surface area contributed by atoms with Gasteiger partial charge in [-0.2, -0.15) is 0 Å². The molecule has 2 heterocycles. The summed E-state index contributed by atoms with van der Waals surface area (Å²) in [5.74, 6) is -1.61. The Hall–Kier alpha value is -0.900. The molecule has 3 aliphatic rings. The molecule has 2 fully saturated rings. The molecule has 0 aromatic carbocycles. The van der Waals surface area contributed by atoms with Crippen LogP contribution in [-0.4, -0.2) is 120 Å². The molecule has 156 valence electrons. The van der Waals surface area contributed by atoms with Gasteiger partial charge in [0.2, 0.25) is 6.29 Å². The zero-order valence-corrected chi connectivity index (χ0v) is 14.0. The Bertz CT molecular complexity index is 571. The van der Waals surface area contributed by atoms with E-state index in [0.29, 0.717) is 0 Å². The summed E-state index contributed by atoms with van der Waals surface area (Å²) in [5.41, 5.74) is -4.67. The first-order valence-corrected chi connectivity index (χ1v) is 8.32. The fourth-order valence-electron chi connectivity index (χ4n) is 3.87. The van der Waals surface area contributed by atoms with Crippen LogP contribution in [0.25, 0.3) is 0 Å². The Kier molecular flexibility index (Phi) is 5.53. The van der Waals surface area contributed by atoms with Crippen molar-refractivity contribution in [3.63, 3.8) is 0 Å². The van der Waals surface area contributed by atoms with E-state index in [-0.39, 0.29) is 0 Å². The molecule has 12 heteroatoms. The van der Waals surface area contributed by atoms with E-state index >= 15 is 0 Å². The lowest BCUT2D eigenvalue weighted by Gasteiger charge is -2.45. The summed E-state index contributed by atoms with van der Waals surface area (Å²) in [4.78, 5) is 0. The number of aliphatic hydroxyl groups excluding tert-OH is 7. The van der Waals surface area contributed by atoms with Crippen molar-refractivity contribution in [3.8, 4) is 0 Å². The SMILES string of the molecule is OC[C@H]1O[C@@H](O[C@@H]2OC=C[C@@]3(O)[C@H](O)[C@@H](O)[C@@](O)(CO)[C@H]23)[C@H](O)[C@@H](O)[C@@H]1O. The molecule has 1 aliphatic carbocycles. The number of ether oxygens (including phenoxy) is 3. The van der Waals surface area contributed by atoms with E-state index in [1.807, 2.05) is 0 Å². The van der Waals surface area contributed by atoms with Gasteiger partial charge in [0.05, 0.1) is 25.4 Å². The van der Waals surface area contributed by atoms with Gasteiger partial charge in [-0.1, -0.05) is 0 Å². The summed E-state index contributed by atoms with van der Waals surface area (Å²) < 4.78 is 15.7. The molecule has 1 saturated carbocycles. The molecule has 0 aromatic rings. The third-order valence-corrected chi connectivity index (χ3v) is 5.51. The van der Waals surface area contributed by atoms with E-state index < -0.39 is 79.5 Å². The number of hydrogen-bond donors (Lipinski definition) is 9. The summed E-state index contributed by atoms with van der Waals surface area (Å²) in [7, 11) is 0. The zero-order chi connectivity index (χ0) is 20.1. The maximum absolute atomic E-state index is 10.7. The van der Waals surface area contributed by atoms with Gasteiger partial charge in [0, 0.05) is 0 Å². The molecule has 0 amide bonds. The van der Waals surface area contributed by atoms with Crippen molar-refractivity contribution in [1.82, 2.24) is 0 Å². The Morgan fingerprint density at radius 1 is 0.889 bits per heavy atom. The van der Waals surface area contributed by atoms with Crippen molar-refractivity contribution in [2.45, 2.75) is 60.4 Å². The highest BCUT2D eigenvalue weighted by Gasteiger charge is 2.70. The molecule has 11 atom stereocenters. The van der Waals surface area contributed by atoms with E-state index in [9.17, 15) is 46.0 Å². The van der Waals surface area contributed by atoms with E-state index in [1.165, 1.54) is 0 Å². The van der Waals surface area contributed by atoms with Gasteiger partial charge in [0.15, 0.2) is 6.29 Å². The van der Waals surface area contributed by atoms with Crippen LogP contribution in [0.15, 0.2) is 12.3 Å². The molecule has 0 aromatic heterocycles. The summed E-state index contributed by atoms with van der Waals surface area (Å²) in [6, 6.07) is 0. The molecule has 0 radical (unpaired) electrons. The summed E-state index contributed by atoms with van der Waals surface area (Å²) in [6.45, 7) is -1.77. The van der Waals surface area contributed by atoms with Gasteiger partial charge in [0.25, 0.3) is 0 Å². The normalized spacial score (nSPS) is 55.2. The van der Waals surface area contributed by atoms with Crippen LogP contribution < -0.4 is 0 Å². The van der Waals surface area contributed by atoms with E-state index in [0.717, 1.165) is 12.3 Å². The molecule has 27 heavy (non-hydrogen) atoms. The van der Waals surface area contributed by atoms with Crippen LogP contribution in [0.3, 0.4) is 0 Å². The first-order valence-electron chi connectivity index (χ1n) is 8.32. The number of rotatable bonds is 4. The molecule has 0 spiro atoms. The summed E-state index contributed by atoms with van der Waals surface area (Å²) in [5, 5.41) is 90.0. The summed E-state index contributed by atoms with van der Waals surface area (Å²) >= 11 is 0. The van der Waals surface area contributed by atoms with Crippen molar-refractivity contribution in [1.29, 1.82) is 0 Å². The highest BCUT2D eigenvalue weighted by atomic mass is 16.8. The van der Waals surface area contributed by atoms with Gasteiger partial charge in [-0.05, 0) is 6.08 Å². The second kappa shape index (κ2) is 7.17. The Balaban J connectivity index is 1.88. The fraction of sp³-hybridized carbons (Fsp3) is 0.867. The standard InChI is InChI=1S/C15H24O12/c16-3-5-6(18)7(19)8(20)12(26-5)27-13-9-14(23,1-2-25-13)10(21)11(22)15(9,24)4-17/h1-2,5-13,16-24H,3-4H2/t5-,6-,7+,8-,9-,10-,11-,12+,13+,14+,15-/m1/s1. The van der Waals surface area contributed by atoms with Crippen molar-refractivity contribution in [3.05, 3.63) is 12.3 Å². The zero-order valence-electron chi connectivity index (χ0n) is 14.0. The van der Waals surface area contributed by atoms with Crippen LogP contribution in [-0.2, 0) is 14.2 Å². The number of aliphatic hydroxyl groups is 9. The lowest BCUT2D eigenvalue weighted by molar-refractivity contribution is -0.353. The lowest BCUT2D eigenvalue weighted by atomic mass is 9.80. The van der Waals surface area contributed by atoms with Gasteiger partial charge < -0.3 is 60.2 Å². The molecule has 2 aliphatic heterocycles. The second-order valence-electron chi connectivity index (χ2n) is 7.04. The third-order valence-electron chi connectivity index (χ3n) is 5.51. The fourth-order valence-corrected chi connectivity index (χ4v) is 3.87. The minimum absolute atomic E-state index is 0.707. The molecular formula is C15H24O12. The van der Waals surface area contributed by atoms with Gasteiger partial charge >= 0.3 is 0 Å². The van der Waals surface area contributed by atoms with Gasteiger partial charge in [-0.25, -0.2) is 0 Å². The van der Waals surface area contributed by atoms with Gasteiger partial charge in [0.1, 0.15) is 47.8 Å². The maximum Gasteiger partial charge on any atom is 0.210 e. The largest absolute Gasteiger partial charge is 0.472 e. The monoisotopic (exact) mass is 396 g/mol. The molecule has 12 nitrogen and oxygen atoms in total. The molecule has 0 unspecified atom stereocenters. The average molecular weight is 396 g/mol. The highest BCUT2D eigenvalue weighted by molar-refractivity contribution is 5.25. The molecule has 9 N–H and O–H groups in total. The molecular weight excluding hydrogens is 372 g/mol. The topological polar surface area (TPSA) is 210 Å². The van der Waals surface area contributed by atoms with Crippen molar-refractivity contribution in [2.75, 3.05) is 13.2 Å². The maximum atomic E-state index is 10.7. The molecule has 3 rings (SSSR count). The first kappa shape index (κ1) is 20.8. The summed E-state index contributed by atoms with van der Waals surface area (Å²) in [6.07, 6.45) is -11.7. The van der Waals surface area contributed by atoms with Crippen LogP contribution in [0.4, 0.5) is 0 Å². The Morgan fingerprint density at radius 2 is 1.56 bits per heavy atom. The van der Waals surface area contributed by atoms with Gasteiger partial charge in [-0.3, -0.25) is 0 Å². The minimum atomic E-state index is -2.43. The predicted molar refractivity (Wildman–Crippen MR) is 81.4 cm³/mol. The Labute approximate surface area is 153 Å². The van der Waals surface area contributed by atoms with E-state index in [1.54, 1.807) is 0 Å². The average Bonchev–Trinajstić information content (AvgIpc) is 2.81. The van der Waals surface area contributed by atoms with E-state index in [2.05, 4.69) is 0 Å². The predicted octanol–water partition coefficient (Wildman–Crippen LogP) is -5.52. The third kappa shape index (κ3) is 2.97. The van der Waals surface area contributed by atoms with E-state index in [4.69, 9.17) is 14.2 Å². The number of hydrogen-bond acceptors (Lipinski definition) is 12. The molecule has 0 bridgehead atoms. The van der Waals surface area contributed by atoms with Crippen LogP contribution in [0.2, 0.25) is 0 Å². The second-order valence-corrected chi connectivity index (χ2v) is 7.04. The van der Waals surface area contributed by atoms with Crippen molar-refractivity contribution >= 4 is 0 Å². The highest BCUT2D eigenvalue weighted by Crippen LogP contribution is 2.49. The Morgan fingerprint density at radius 3 is 2.15 bits per heavy atom. The van der Waals surface area contributed by atoms with Gasteiger partial charge in [-0.15, -0.1) is 0 Å². The van der Waals surface area contributed by atoms with Crippen molar-refractivity contribution in [2.24, 2.45) is 5.92 Å². The van der Waals surface area contributed by atoms with Crippen LogP contribution >= 0.6 is 0 Å². The van der Waals surface area contributed by atoms with Crippen LogP contribution in [0.5, 0.6) is 0 Å². The lowest BCUT2D eigenvalue weighted by Crippen LogP contribution is -2.62. The first-order chi connectivity index (χ1) is 12.6. The number of fused-ring (bicyclic) bond motifs is 1.